The number of hydrogen-bond donors (Lipinski definition) is 3. The highest BCUT2D eigenvalue weighted by Gasteiger charge is 2.26. The molecule has 206 valence electrons. The zero-order chi connectivity index (χ0) is 28.4. The molecule has 0 saturated heterocycles. The highest BCUT2D eigenvalue weighted by molar-refractivity contribution is 14.1. The van der Waals surface area contributed by atoms with Gasteiger partial charge in [0.25, 0.3) is 11.8 Å². The number of hydrogen-bond acceptors (Lipinski definition) is 7. The second-order valence-corrected chi connectivity index (χ2v) is 11.9. The van der Waals surface area contributed by atoms with E-state index in [9.17, 15) is 18.0 Å². The van der Waals surface area contributed by atoms with Crippen molar-refractivity contribution in [1.82, 2.24) is 10.1 Å². The minimum Gasteiger partial charge on any atom is -0.490 e. The average molecular weight is 729 g/mol. The van der Waals surface area contributed by atoms with Crippen LogP contribution >= 0.6 is 38.5 Å². The fourth-order valence-corrected chi connectivity index (χ4v) is 5.49. The maximum absolute atomic E-state index is 13.1. The molecule has 39 heavy (non-hydrogen) atoms. The predicted molar refractivity (Wildman–Crippen MR) is 159 cm³/mol. The topological polar surface area (TPSA) is 149 Å². The molecule has 2 amide bonds. The number of sulfonamides is 1. The molecule has 3 aromatic carbocycles. The number of ether oxygens (including phenoxy) is 2. The number of nitrogens with one attached hydrogen (secondary N) is 2. The summed E-state index contributed by atoms with van der Waals surface area (Å²) < 4.78 is 40.9. The lowest BCUT2D eigenvalue weighted by atomic mass is 10.1. The lowest BCUT2D eigenvalue weighted by molar-refractivity contribution is -0.122. The molecule has 4 N–H and O–H groups in total. The zero-order valence-electron chi connectivity index (χ0n) is 20.8. The van der Waals surface area contributed by atoms with E-state index < -0.39 is 27.9 Å². The molecule has 0 spiro atoms. The van der Waals surface area contributed by atoms with Crippen LogP contribution in [0.25, 0.3) is 0 Å². The van der Waals surface area contributed by atoms with Crippen LogP contribution in [0.4, 0.5) is 0 Å². The molecule has 0 aliphatic heterocycles. The number of hydrazone groups is 1. The summed E-state index contributed by atoms with van der Waals surface area (Å²) in [6.45, 7) is 1.79. The summed E-state index contributed by atoms with van der Waals surface area (Å²) >= 11 is 5.46. The normalized spacial score (nSPS) is 12.2. The summed E-state index contributed by atoms with van der Waals surface area (Å²) in [5, 5.41) is 4.01. The third kappa shape index (κ3) is 9.30. The molecule has 0 heterocycles. The van der Waals surface area contributed by atoms with Gasteiger partial charge in [0.05, 0.1) is 22.2 Å². The van der Waals surface area contributed by atoms with E-state index in [1.165, 1.54) is 18.3 Å². The number of carbonyl (C=O) groups excluding carboxylic acids is 2. The van der Waals surface area contributed by atoms with Gasteiger partial charge in [0, 0.05) is 3.57 Å². The Hall–Kier alpha value is -3.01. The maximum atomic E-state index is 13.1. The van der Waals surface area contributed by atoms with E-state index in [-0.39, 0.29) is 17.9 Å². The van der Waals surface area contributed by atoms with E-state index in [1.54, 1.807) is 55.5 Å². The van der Waals surface area contributed by atoms with Gasteiger partial charge in [-0.1, -0.05) is 30.3 Å². The summed E-state index contributed by atoms with van der Waals surface area (Å²) in [5.41, 5.74) is 8.88. The first-order valence-corrected chi connectivity index (χ1v) is 15.0. The van der Waals surface area contributed by atoms with Crippen molar-refractivity contribution in [1.29, 1.82) is 0 Å². The number of primary amides is 1. The second kappa shape index (κ2) is 14.4. The Kier molecular flexibility index (Phi) is 11.3. The second-order valence-electron chi connectivity index (χ2n) is 8.07. The Morgan fingerprint density at radius 3 is 2.44 bits per heavy atom. The van der Waals surface area contributed by atoms with Crippen molar-refractivity contribution in [3.05, 3.63) is 85.9 Å². The van der Waals surface area contributed by atoms with Crippen LogP contribution in [0.15, 0.2) is 81.2 Å². The molecule has 10 nitrogen and oxygen atoms in total. The van der Waals surface area contributed by atoms with E-state index in [4.69, 9.17) is 15.2 Å². The van der Waals surface area contributed by atoms with Crippen LogP contribution in [-0.2, 0) is 26.0 Å². The molecule has 0 saturated carbocycles. The number of amides is 2. The SMILES string of the molecule is CCOc1cc(/C=N\NC(=O)[C@@H](Cc2ccccc2)NS(=O)(=O)c2ccc(I)cc2)cc(Br)c1OCC(N)=O. The van der Waals surface area contributed by atoms with Crippen molar-refractivity contribution in [3.63, 3.8) is 0 Å². The highest BCUT2D eigenvalue weighted by Crippen LogP contribution is 2.36. The summed E-state index contributed by atoms with van der Waals surface area (Å²) in [7, 11) is -3.99. The zero-order valence-corrected chi connectivity index (χ0v) is 25.3. The van der Waals surface area contributed by atoms with E-state index >= 15 is 0 Å². The Morgan fingerprint density at radius 1 is 1.10 bits per heavy atom. The lowest BCUT2D eigenvalue weighted by Gasteiger charge is -2.17. The van der Waals surface area contributed by atoms with Crippen LogP contribution in [0.5, 0.6) is 11.5 Å². The van der Waals surface area contributed by atoms with Gasteiger partial charge in [-0.15, -0.1) is 0 Å². The van der Waals surface area contributed by atoms with Crippen molar-refractivity contribution in [2.24, 2.45) is 10.8 Å². The Morgan fingerprint density at radius 2 is 1.79 bits per heavy atom. The first kappa shape index (κ1) is 30.5. The Balaban J connectivity index is 1.80. The van der Waals surface area contributed by atoms with Crippen LogP contribution in [0.3, 0.4) is 0 Å². The van der Waals surface area contributed by atoms with Gasteiger partial charge in [-0.2, -0.15) is 9.82 Å². The molecule has 0 aliphatic carbocycles. The maximum Gasteiger partial charge on any atom is 0.258 e. The third-order valence-corrected chi connectivity index (χ3v) is 7.90. The van der Waals surface area contributed by atoms with E-state index in [0.29, 0.717) is 28.1 Å². The van der Waals surface area contributed by atoms with Crippen LogP contribution in [0.1, 0.15) is 18.1 Å². The van der Waals surface area contributed by atoms with Gasteiger partial charge < -0.3 is 15.2 Å². The number of nitrogens with zero attached hydrogens (tertiary/aromatic N) is 1. The van der Waals surface area contributed by atoms with Crippen LogP contribution < -0.4 is 25.4 Å². The summed E-state index contributed by atoms with van der Waals surface area (Å²) in [4.78, 5) is 24.2. The lowest BCUT2D eigenvalue weighted by Crippen LogP contribution is -2.46. The molecule has 0 bridgehead atoms. The minimum atomic E-state index is -3.99. The van der Waals surface area contributed by atoms with Gasteiger partial charge in [0.15, 0.2) is 18.1 Å². The standard InChI is InChI=1S/C26H26BrIN4O6S/c1-2-37-23-14-18(12-21(27)25(23)38-16-24(29)33)15-30-31-26(34)22(13-17-6-4-3-5-7-17)32-39(35,36)20-10-8-19(28)9-11-20/h3-12,14-15,22,32H,2,13,16H2,1H3,(H2,29,33)(H,31,34)/b30-15-/t22-/m1/s1. The fraction of sp³-hybridized carbons (Fsp3) is 0.192. The van der Waals surface area contributed by atoms with Crippen LogP contribution in [0.2, 0.25) is 0 Å². The molecular formula is C26H26BrIN4O6S. The predicted octanol–water partition coefficient (Wildman–Crippen LogP) is 3.36. The summed E-state index contributed by atoms with van der Waals surface area (Å²) in [6.07, 6.45) is 1.48. The number of nitrogens with two attached hydrogens (primary N) is 1. The van der Waals surface area contributed by atoms with Gasteiger partial charge in [-0.3, -0.25) is 9.59 Å². The van der Waals surface area contributed by atoms with Crippen molar-refractivity contribution >= 4 is 66.6 Å². The third-order valence-electron chi connectivity index (χ3n) is 5.10. The van der Waals surface area contributed by atoms with Gasteiger partial charge in [-0.05, 0) is 99.4 Å². The molecule has 0 radical (unpaired) electrons. The molecule has 3 aromatic rings. The van der Waals surface area contributed by atoms with E-state index in [1.807, 2.05) is 6.07 Å². The molecule has 13 heteroatoms. The number of halogens is 2. The fourth-order valence-electron chi connectivity index (χ4n) is 3.36. The Labute approximate surface area is 248 Å². The van der Waals surface area contributed by atoms with Gasteiger partial charge in [-0.25, -0.2) is 13.8 Å². The van der Waals surface area contributed by atoms with Gasteiger partial charge in [0.2, 0.25) is 10.0 Å². The van der Waals surface area contributed by atoms with Crippen LogP contribution in [0, 0.1) is 3.57 Å². The van der Waals surface area contributed by atoms with E-state index in [0.717, 1.165) is 9.13 Å². The number of carbonyl (C=O) groups is 2. The van der Waals surface area contributed by atoms with Crippen molar-refractivity contribution in [2.45, 2.75) is 24.3 Å². The summed E-state index contributed by atoms with van der Waals surface area (Å²) in [6, 6.07) is 17.5. The molecule has 1 atom stereocenters. The monoisotopic (exact) mass is 728 g/mol. The first-order valence-electron chi connectivity index (χ1n) is 11.6. The van der Waals surface area contributed by atoms with Crippen molar-refractivity contribution in [3.8, 4) is 11.5 Å². The quantitative estimate of drug-likeness (QED) is 0.140. The molecule has 0 unspecified atom stereocenters. The number of rotatable bonds is 13. The molecule has 3 rings (SSSR count). The first-order chi connectivity index (χ1) is 18.6. The molecule has 0 aromatic heterocycles. The molecular weight excluding hydrogens is 703 g/mol. The Bertz CT molecular complexity index is 1440. The van der Waals surface area contributed by atoms with E-state index in [2.05, 4.69) is 53.8 Å². The van der Waals surface area contributed by atoms with Gasteiger partial charge in [0.1, 0.15) is 6.04 Å². The molecule has 0 aliphatic rings. The van der Waals surface area contributed by atoms with Crippen molar-refractivity contribution in [2.75, 3.05) is 13.2 Å². The number of benzene rings is 3. The highest BCUT2D eigenvalue weighted by atomic mass is 127. The largest absolute Gasteiger partial charge is 0.490 e. The minimum absolute atomic E-state index is 0.0456. The van der Waals surface area contributed by atoms with Crippen molar-refractivity contribution < 1.29 is 27.5 Å². The average Bonchev–Trinajstić information content (AvgIpc) is 2.88. The van der Waals surface area contributed by atoms with Gasteiger partial charge >= 0.3 is 0 Å². The molecule has 0 fully saturated rings. The summed E-state index contributed by atoms with van der Waals surface area (Å²) in [5.74, 6) is -0.645. The van der Waals surface area contributed by atoms with Crippen LogP contribution in [-0.4, -0.2) is 45.7 Å². The smallest absolute Gasteiger partial charge is 0.258 e.